The third-order valence-corrected chi connectivity index (χ3v) is 3.44. The second kappa shape index (κ2) is 8.48. The molecule has 0 aromatic carbocycles. The molecular formula is C13H23N3S. The van der Waals surface area contributed by atoms with Gasteiger partial charge in [0.1, 0.15) is 0 Å². The molecule has 1 N–H and O–H groups in total. The van der Waals surface area contributed by atoms with E-state index in [2.05, 4.69) is 29.1 Å². The van der Waals surface area contributed by atoms with Crippen molar-refractivity contribution < 1.29 is 0 Å². The van der Waals surface area contributed by atoms with Gasteiger partial charge in [0, 0.05) is 23.7 Å². The lowest BCUT2D eigenvalue weighted by Crippen LogP contribution is -2.23. The molecule has 4 heteroatoms. The van der Waals surface area contributed by atoms with E-state index in [1.165, 1.54) is 19.3 Å². The van der Waals surface area contributed by atoms with Gasteiger partial charge in [0.25, 0.3) is 0 Å². The van der Waals surface area contributed by atoms with E-state index in [-0.39, 0.29) is 0 Å². The van der Waals surface area contributed by atoms with Gasteiger partial charge in [-0.3, -0.25) is 0 Å². The van der Waals surface area contributed by atoms with Gasteiger partial charge in [-0.15, -0.1) is 0 Å². The van der Waals surface area contributed by atoms with E-state index >= 15 is 0 Å². The summed E-state index contributed by atoms with van der Waals surface area (Å²) >= 11 is 1.74. The Kier molecular flexibility index (Phi) is 7.21. The van der Waals surface area contributed by atoms with Crippen LogP contribution in [0.15, 0.2) is 17.4 Å². The third kappa shape index (κ3) is 6.64. The molecule has 0 aliphatic carbocycles. The summed E-state index contributed by atoms with van der Waals surface area (Å²) < 4.78 is 0. The highest BCUT2D eigenvalue weighted by atomic mass is 32.2. The van der Waals surface area contributed by atoms with Crippen molar-refractivity contribution in [1.82, 2.24) is 15.3 Å². The van der Waals surface area contributed by atoms with Gasteiger partial charge in [0.15, 0.2) is 5.16 Å². The lowest BCUT2D eigenvalue weighted by atomic mass is 10.2. The zero-order chi connectivity index (χ0) is 12.5. The molecule has 0 radical (unpaired) electrons. The number of aromatic nitrogens is 2. The third-order valence-electron chi connectivity index (χ3n) is 2.47. The maximum atomic E-state index is 4.39. The maximum Gasteiger partial charge on any atom is 0.188 e. The lowest BCUT2D eigenvalue weighted by Gasteiger charge is -2.11. The number of hydrogen-bond donors (Lipinski definition) is 1. The predicted molar refractivity (Wildman–Crippen MR) is 74.5 cm³/mol. The smallest absolute Gasteiger partial charge is 0.188 e. The molecule has 96 valence electrons. The Bertz CT molecular complexity index is 317. The molecule has 1 aromatic rings. The fourth-order valence-electron chi connectivity index (χ4n) is 1.51. The minimum Gasteiger partial charge on any atom is -0.316 e. The first-order valence-electron chi connectivity index (χ1n) is 6.39. The minimum absolute atomic E-state index is 0.512. The van der Waals surface area contributed by atoms with Crippen molar-refractivity contribution in [2.24, 2.45) is 0 Å². The van der Waals surface area contributed by atoms with Crippen LogP contribution < -0.4 is 5.32 Å². The van der Waals surface area contributed by atoms with Gasteiger partial charge in [-0.1, -0.05) is 38.5 Å². The van der Waals surface area contributed by atoms with E-state index < -0.39 is 0 Å². The number of rotatable bonds is 8. The summed E-state index contributed by atoms with van der Waals surface area (Å²) in [5, 5.41) is 4.87. The lowest BCUT2D eigenvalue weighted by molar-refractivity contribution is 0.615. The number of hydrogen-bond acceptors (Lipinski definition) is 4. The first-order chi connectivity index (χ1) is 8.22. The van der Waals surface area contributed by atoms with Crippen molar-refractivity contribution in [1.29, 1.82) is 0 Å². The van der Waals surface area contributed by atoms with Gasteiger partial charge in [0.05, 0.1) is 0 Å². The van der Waals surface area contributed by atoms with Crippen LogP contribution in [0.1, 0.15) is 38.8 Å². The average Bonchev–Trinajstić information content (AvgIpc) is 2.29. The fraction of sp³-hybridized carbons (Fsp3) is 0.692. The van der Waals surface area contributed by atoms with Crippen LogP contribution >= 0.6 is 11.8 Å². The zero-order valence-electron chi connectivity index (χ0n) is 11.1. The molecule has 0 fully saturated rings. The minimum atomic E-state index is 0.512. The van der Waals surface area contributed by atoms with Gasteiger partial charge < -0.3 is 5.32 Å². The van der Waals surface area contributed by atoms with Gasteiger partial charge in [-0.05, 0) is 26.0 Å². The number of nitrogens with one attached hydrogen (secondary N) is 1. The Morgan fingerprint density at radius 2 is 2.24 bits per heavy atom. The van der Waals surface area contributed by atoms with Crippen molar-refractivity contribution in [3.05, 3.63) is 18.0 Å². The van der Waals surface area contributed by atoms with E-state index in [9.17, 15) is 0 Å². The summed E-state index contributed by atoms with van der Waals surface area (Å²) in [4.78, 5) is 8.66. The first kappa shape index (κ1) is 14.5. The second-order valence-corrected chi connectivity index (χ2v) is 5.73. The molecule has 0 bridgehead atoms. The van der Waals surface area contributed by atoms with Crippen LogP contribution in [0.4, 0.5) is 0 Å². The molecular weight excluding hydrogens is 230 g/mol. The van der Waals surface area contributed by atoms with Crippen LogP contribution in [0.2, 0.25) is 0 Å². The quantitative estimate of drug-likeness (QED) is 0.439. The molecule has 1 unspecified atom stereocenters. The van der Waals surface area contributed by atoms with Gasteiger partial charge >= 0.3 is 0 Å². The zero-order valence-corrected chi connectivity index (χ0v) is 11.9. The summed E-state index contributed by atoms with van der Waals surface area (Å²) in [6.45, 7) is 8.58. The van der Waals surface area contributed by atoms with E-state index in [4.69, 9.17) is 0 Å². The van der Waals surface area contributed by atoms with Crippen molar-refractivity contribution in [3.8, 4) is 0 Å². The molecule has 0 aliphatic rings. The number of nitrogens with zero attached hydrogens (tertiary/aromatic N) is 2. The number of aryl methyl sites for hydroxylation is 1. The van der Waals surface area contributed by atoms with Crippen LogP contribution in [0.25, 0.3) is 0 Å². The number of unbranched alkanes of at least 4 members (excludes halogenated alkanes) is 2. The van der Waals surface area contributed by atoms with Crippen molar-refractivity contribution >= 4 is 11.8 Å². The monoisotopic (exact) mass is 253 g/mol. The van der Waals surface area contributed by atoms with Gasteiger partial charge in [0.2, 0.25) is 0 Å². The SMILES string of the molecule is CCCCCNCC(C)Sc1nccc(C)n1. The van der Waals surface area contributed by atoms with E-state index in [1.807, 2.05) is 19.2 Å². The van der Waals surface area contributed by atoms with Crippen molar-refractivity contribution in [2.45, 2.75) is 50.4 Å². The molecule has 0 saturated carbocycles. The molecule has 1 atom stereocenters. The fourth-order valence-corrected chi connectivity index (χ4v) is 2.39. The largest absolute Gasteiger partial charge is 0.316 e. The predicted octanol–water partition coefficient (Wildman–Crippen LogP) is 3.05. The van der Waals surface area contributed by atoms with Crippen LogP contribution in [0, 0.1) is 6.92 Å². The highest BCUT2D eigenvalue weighted by molar-refractivity contribution is 7.99. The highest BCUT2D eigenvalue weighted by Gasteiger charge is 2.06. The van der Waals surface area contributed by atoms with Crippen LogP contribution in [-0.2, 0) is 0 Å². The van der Waals surface area contributed by atoms with E-state index in [0.717, 1.165) is 23.9 Å². The highest BCUT2D eigenvalue weighted by Crippen LogP contribution is 2.18. The standard InChI is InChI=1S/C13H23N3S/c1-4-5-6-8-14-10-12(3)17-13-15-9-7-11(2)16-13/h7,9,12,14H,4-6,8,10H2,1-3H3. The summed E-state index contributed by atoms with van der Waals surface area (Å²) in [6.07, 6.45) is 5.69. The van der Waals surface area contributed by atoms with Crippen LogP contribution in [0.5, 0.6) is 0 Å². The van der Waals surface area contributed by atoms with E-state index in [1.54, 1.807) is 11.8 Å². The molecule has 17 heavy (non-hydrogen) atoms. The van der Waals surface area contributed by atoms with Gasteiger partial charge in [-0.2, -0.15) is 0 Å². The van der Waals surface area contributed by atoms with E-state index in [0.29, 0.717) is 5.25 Å². The topological polar surface area (TPSA) is 37.8 Å². The Balaban J connectivity index is 2.18. The number of thioether (sulfide) groups is 1. The molecule has 0 saturated heterocycles. The summed E-state index contributed by atoms with van der Waals surface area (Å²) in [7, 11) is 0. The molecule has 0 aliphatic heterocycles. The molecule has 1 heterocycles. The molecule has 1 rings (SSSR count). The first-order valence-corrected chi connectivity index (χ1v) is 7.27. The van der Waals surface area contributed by atoms with Crippen molar-refractivity contribution in [3.63, 3.8) is 0 Å². The summed E-state index contributed by atoms with van der Waals surface area (Å²) in [6, 6.07) is 1.93. The Labute approximate surface area is 109 Å². The second-order valence-electron chi connectivity index (χ2n) is 4.32. The summed E-state index contributed by atoms with van der Waals surface area (Å²) in [5.41, 5.74) is 1.03. The molecule has 0 spiro atoms. The Hall–Kier alpha value is -0.610. The average molecular weight is 253 g/mol. The Morgan fingerprint density at radius 1 is 1.41 bits per heavy atom. The van der Waals surface area contributed by atoms with Crippen LogP contribution in [0.3, 0.4) is 0 Å². The molecule has 3 nitrogen and oxygen atoms in total. The Morgan fingerprint density at radius 3 is 2.94 bits per heavy atom. The van der Waals surface area contributed by atoms with Gasteiger partial charge in [-0.25, -0.2) is 9.97 Å². The van der Waals surface area contributed by atoms with Crippen LogP contribution in [-0.4, -0.2) is 28.3 Å². The van der Waals surface area contributed by atoms with Crippen molar-refractivity contribution in [2.75, 3.05) is 13.1 Å². The maximum absolute atomic E-state index is 4.39. The normalized spacial score (nSPS) is 12.6. The molecule has 1 aromatic heterocycles. The summed E-state index contributed by atoms with van der Waals surface area (Å²) in [5.74, 6) is 0. The molecule has 0 amide bonds.